The quantitative estimate of drug-likeness (QED) is 0.185. The summed E-state index contributed by atoms with van der Waals surface area (Å²) in [7, 11) is -5.27. The Morgan fingerprint density at radius 2 is 1.32 bits per heavy atom. The molecule has 0 saturated carbocycles. The fourth-order valence-corrected chi connectivity index (χ4v) is 7.51. The number of anilines is 2. The minimum absolute atomic E-state index is 0.00919. The normalized spacial score (nSPS) is 12.9. The highest BCUT2D eigenvalue weighted by molar-refractivity contribution is 7.93. The molecule has 3 heterocycles. The van der Waals surface area contributed by atoms with Gasteiger partial charge in [-0.1, -0.05) is 70.1 Å². The van der Waals surface area contributed by atoms with Crippen LogP contribution in [0.3, 0.4) is 0 Å². The highest BCUT2D eigenvalue weighted by atomic mass is 35.5. The molecule has 47 heavy (non-hydrogen) atoms. The lowest BCUT2D eigenvalue weighted by atomic mass is 10.2. The van der Waals surface area contributed by atoms with E-state index in [-0.39, 0.29) is 53.5 Å². The third-order valence-electron chi connectivity index (χ3n) is 6.25. The molecule has 0 spiro atoms. The van der Waals surface area contributed by atoms with Crippen molar-refractivity contribution in [3.8, 4) is 11.8 Å². The number of nitrogens with zero attached hydrogens (tertiary/aromatic N) is 5. The van der Waals surface area contributed by atoms with Crippen molar-refractivity contribution in [3.05, 3.63) is 79.2 Å². The molecule has 20 heteroatoms. The van der Waals surface area contributed by atoms with Gasteiger partial charge in [-0.15, -0.1) is 0 Å². The zero-order chi connectivity index (χ0) is 34.5. The number of aromatic nitrogens is 4. The fraction of sp³-hybridized carbons (Fsp3) is 0.222. The van der Waals surface area contributed by atoms with E-state index >= 15 is 0 Å². The average molecular weight is 784 g/mol. The number of hydrogen-bond donors (Lipinski definition) is 2. The molecule has 4 aromatic rings. The smallest absolute Gasteiger partial charge is 0.264 e. The van der Waals surface area contributed by atoms with Gasteiger partial charge in [0.05, 0.1) is 41.1 Å². The number of rotatable bonds is 9. The molecule has 13 nitrogen and oxygen atoms in total. The third kappa shape index (κ3) is 8.65. The summed E-state index contributed by atoms with van der Waals surface area (Å²) in [5.74, 6) is -0.261. The molecule has 0 saturated heterocycles. The van der Waals surface area contributed by atoms with Gasteiger partial charge in [-0.2, -0.15) is 4.98 Å². The van der Waals surface area contributed by atoms with Crippen LogP contribution in [0.5, 0.6) is 11.8 Å². The fourth-order valence-electron chi connectivity index (χ4n) is 4.00. The van der Waals surface area contributed by atoms with Crippen molar-refractivity contribution in [2.75, 3.05) is 30.2 Å². The predicted octanol–water partition coefficient (Wildman–Crippen LogP) is 6.73. The van der Waals surface area contributed by atoms with Crippen LogP contribution in [0.25, 0.3) is 0 Å². The number of hydrogen-bond acceptors (Lipinski definition) is 11. The first kappa shape index (κ1) is 36.7. The van der Waals surface area contributed by atoms with E-state index in [2.05, 4.69) is 34.4 Å². The summed E-state index contributed by atoms with van der Waals surface area (Å²) in [5, 5.41) is 0.149. The molecule has 5 rings (SSSR count). The van der Waals surface area contributed by atoms with Crippen LogP contribution in [0.2, 0.25) is 25.4 Å². The maximum absolute atomic E-state index is 12.6. The van der Waals surface area contributed by atoms with E-state index in [4.69, 9.17) is 67.5 Å². The number of sulfonamides is 2. The predicted molar refractivity (Wildman–Crippen MR) is 182 cm³/mol. The Balaban J connectivity index is 0.000000215. The average Bonchev–Trinajstić information content (AvgIpc) is 3.57. The van der Waals surface area contributed by atoms with Gasteiger partial charge in [0.1, 0.15) is 10.6 Å². The minimum atomic E-state index is -4.01. The highest BCUT2D eigenvalue weighted by Crippen LogP contribution is 2.32. The van der Waals surface area contributed by atoms with Crippen LogP contribution in [0, 0.1) is 6.92 Å². The van der Waals surface area contributed by atoms with Gasteiger partial charge in [0.25, 0.3) is 31.8 Å². The summed E-state index contributed by atoms with van der Waals surface area (Å²) in [5.41, 5.74) is 1.81. The second kappa shape index (κ2) is 15.4. The molecule has 0 atom stereocenters. The van der Waals surface area contributed by atoms with Crippen LogP contribution in [-0.2, 0) is 20.0 Å². The Kier molecular flexibility index (Phi) is 12.0. The van der Waals surface area contributed by atoms with Gasteiger partial charge in [0, 0.05) is 11.6 Å². The molecule has 1 aliphatic heterocycles. The third-order valence-corrected chi connectivity index (χ3v) is 11.1. The largest absolute Gasteiger partial charge is 0.478 e. The molecule has 0 amide bonds. The van der Waals surface area contributed by atoms with Crippen molar-refractivity contribution in [2.24, 2.45) is 4.99 Å². The van der Waals surface area contributed by atoms with Crippen LogP contribution >= 0.6 is 58.0 Å². The second-order valence-corrected chi connectivity index (χ2v) is 14.5. The minimum Gasteiger partial charge on any atom is -0.478 e. The molecule has 0 unspecified atom stereocenters. The second-order valence-electron chi connectivity index (χ2n) is 9.33. The van der Waals surface area contributed by atoms with Crippen molar-refractivity contribution < 1.29 is 26.3 Å². The first-order valence-electron chi connectivity index (χ1n) is 13.1. The van der Waals surface area contributed by atoms with E-state index < -0.39 is 20.0 Å². The van der Waals surface area contributed by atoms with Gasteiger partial charge in [-0.3, -0.25) is 14.4 Å². The van der Waals surface area contributed by atoms with Gasteiger partial charge < -0.3 is 9.47 Å². The SMILES string of the molecule is COc1nc(C2=NCCC2)cnc1NS(=O)(=O)c1cccc(Cl)c1Cl.COc1nc(Cl)c(Cl)nc1NS(=O)(=O)c1cccc(Cl)c1C. The number of nitrogens with one attached hydrogen (secondary N) is 2. The number of methoxy groups -OCH3 is 2. The van der Waals surface area contributed by atoms with Crippen molar-refractivity contribution in [1.82, 2.24) is 19.9 Å². The Bertz CT molecular complexity index is 2070. The van der Waals surface area contributed by atoms with E-state index in [9.17, 15) is 16.8 Å². The molecular weight excluding hydrogens is 760 g/mol. The summed E-state index contributed by atoms with van der Waals surface area (Å²) in [6.07, 6.45) is 3.23. The van der Waals surface area contributed by atoms with Crippen molar-refractivity contribution in [2.45, 2.75) is 29.6 Å². The van der Waals surface area contributed by atoms with Crippen LogP contribution in [0.15, 0.2) is 57.4 Å². The summed E-state index contributed by atoms with van der Waals surface area (Å²) < 4.78 is 64.8. The molecule has 0 bridgehead atoms. The summed E-state index contributed by atoms with van der Waals surface area (Å²) in [4.78, 5) is 20.2. The zero-order valence-electron chi connectivity index (χ0n) is 24.6. The van der Waals surface area contributed by atoms with E-state index in [0.29, 0.717) is 16.3 Å². The maximum Gasteiger partial charge on any atom is 0.264 e. The van der Waals surface area contributed by atoms with E-state index in [1.807, 2.05) is 0 Å². The zero-order valence-corrected chi connectivity index (χ0v) is 30.0. The van der Waals surface area contributed by atoms with Gasteiger partial charge in [0.2, 0.25) is 11.6 Å². The lowest BCUT2D eigenvalue weighted by molar-refractivity contribution is 0.398. The van der Waals surface area contributed by atoms with Crippen molar-refractivity contribution in [1.29, 1.82) is 0 Å². The molecule has 0 aliphatic carbocycles. The molecule has 0 radical (unpaired) electrons. The highest BCUT2D eigenvalue weighted by Gasteiger charge is 2.24. The van der Waals surface area contributed by atoms with Crippen LogP contribution in [-0.4, -0.2) is 63.2 Å². The first-order valence-corrected chi connectivity index (χ1v) is 18.0. The molecule has 2 N–H and O–H groups in total. The van der Waals surface area contributed by atoms with Gasteiger partial charge in [0.15, 0.2) is 10.3 Å². The number of ether oxygens (including phenoxy) is 2. The number of benzene rings is 2. The number of aliphatic imine (C=N–C) groups is 1. The van der Waals surface area contributed by atoms with Crippen LogP contribution in [0.1, 0.15) is 24.1 Å². The standard InChI is InChI=1S/C15H14Cl2N4O3S.C12H10Cl3N3O3S/c1-24-15-14(19-8-11(20-15)10-5-3-7-18-10)21-25(22,23)12-6-2-4-9(16)13(12)17;1-6-7(13)4-3-5-8(6)22(19,20)18-11-12(21-2)17-10(15)9(14)16-11/h2,4,6,8H,3,5,7H2,1H3,(H,19,21);3-5H,1-2H3,(H,16,18). The maximum atomic E-state index is 12.6. The summed E-state index contributed by atoms with van der Waals surface area (Å²) in [6.45, 7) is 2.34. The first-order chi connectivity index (χ1) is 22.2. The Morgan fingerprint density at radius 1 is 0.745 bits per heavy atom. The molecular formula is C27H24Cl5N7O6S2. The van der Waals surface area contributed by atoms with Gasteiger partial charge >= 0.3 is 0 Å². The monoisotopic (exact) mass is 781 g/mol. The van der Waals surface area contributed by atoms with E-state index in [1.165, 1.54) is 50.7 Å². The lowest BCUT2D eigenvalue weighted by Gasteiger charge is -2.12. The Labute approximate surface area is 295 Å². The number of halogens is 5. The molecule has 250 valence electrons. The van der Waals surface area contributed by atoms with Crippen LogP contribution < -0.4 is 18.9 Å². The molecule has 2 aromatic carbocycles. The Morgan fingerprint density at radius 3 is 1.96 bits per heavy atom. The van der Waals surface area contributed by atoms with Gasteiger partial charge in [-0.05, 0) is 49.6 Å². The lowest BCUT2D eigenvalue weighted by Crippen LogP contribution is -2.16. The van der Waals surface area contributed by atoms with E-state index in [0.717, 1.165) is 25.1 Å². The summed E-state index contributed by atoms with van der Waals surface area (Å²) >= 11 is 29.3. The van der Waals surface area contributed by atoms with Gasteiger partial charge in [-0.25, -0.2) is 31.8 Å². The summed E-state index contributed by atoms with van der Waals surface area (Å²) in [6, 6.07) is 8.88. The molecule has 0 fully saturated rings. The van der Waals surface area contributed by atoms with Crippen molar-refractivity contribution in [3.63, 3.8) is 0 Å². The molecule has 1 aliphatic rings. The van der Waals surface area contributed by atoms with Crippen molar-refractivity contribution >= 4 is 95.4 Å². The molecule has 2 aromatic heterocycles. The topological polar surface area (TPSA) is 175 Å². The van der Waals surface area contributed by atoms with Crippen LogP contribution in [0.4, 0.5) is 11.6 Å². The Hall–Kier alpha value is -3.18. The van der Waals surface area contributed by atoms with E-state index in [1.54, 1.807) is 13.0 Å².